The fourth-order valence-electron chi connectivity index (χ4n) is 2.44. The van der Waals surface area contributed by atoms with E-state index in [0.29, 0.717) is 11.9 Å². The van der Waals surface area contributed by atoms with Gasteiger partial charge in [0.25, 0.3) is 5.89 Å². The standard InChI is InChI=1S/C10H12N2O3/c1-5(13)10-11-9(12-15-10)7-4-6-2-3-8(7)14-6/h6-8H,2-4H2,1H3. The van der Waals surface area contributed by atoms with Gasteiger partial charge in [-0.25, -0.2) is 0 Å². The zero-order valence-corrected chi connectivity index (χ0v) is 8.47. The van der Waals surface area contributed by atoms with Gasteiger partial charge in [0.05, 0.1) is 18.1 Å². The molecule has 80 valence electrons. The number of Topliss-reactive ketones (excluding diaryl/α,β-unsaturated/α-hetero) is 1. The molecule has 5 nitrogen and oxygen atoms in total. The molecule has 0 amide bonds. The van der Waals surface area contributed by atoms with Crippen molar-refractivity contribution in [1.82, 2.24) is 10.1 Å². The van der Waals surface area contributed by atoms with E-state index in [2.05, 4.69) is 10.1 Å². The van der Waals surface area contributed by atoms with Gasteiger partial charge in [-0.05, 0) is 19.3 Å². The number of fused-ring (bicyclic) bond motifs is 2. The molecule has 2 aliphatic rings. The number of hydrogen-bond acceptors (Lipinski definition) is 5. The van der Waals surface area contributed by atoms with Crippen LogP contribution in [0, 0.1) is 0 Å². The molecule has 15 heavy (non-hydrogen) atoms. The lowest BCUT2D eigenvalue weighted by molar-refractivity contribution is 0.0972. The smallest absolute Gasteiger partial charge is 0.293 e. The highest BCUT2D eigenvalue weighted by molar-refractivity contribution is 5.89. The third-order valence-corrected chi connectivity index (χ3v) is 3.18. The first-order chi connectivity index (χ1) is 7.24. The van der Waals surface area contributed by atoms with E-state index in [1.54, 1.807) is 0 Å². The number of carbonyl (C=O) groups excluding carboxylic acids is 1. The van der Waals surface area contributed by atoms with Gasteiger partial charge in [-0.15, -0.1) is 0 Å². The van der Waals surface area contributed by atoms with Gasteiger partial charge in [0.2, 0.25) is 5.78 Å². The summed E-state index contributed by atoms with van der Waals surface area (Å²) in [5, 5.41) is 3.85. The van der Waals surface area contributed by atoms with Crippen LogP contribution in [0.25, 0.3) is 0 Å². The molecule has 2 aliphatic heterocycles. The lowest BCUT2D eigenvalue weighted by Crippen LogP contribution is -2.15. The van der Waals surface area contributed by atoms with E-state index in [4.69, 9.17) is 9.26 Å². The zero-order chi connectivity index (χ0) is 10.4. The van der Waals surface area contributed by atoms with Crippen molar-refractivity contribution in [2.75, 3.05) is 0 Å². The van der Waals surface area contributed by atoms with Gasteiger partial charge in [-0.2, -0.15) is 4.98 Å². The molecular weight excluding hydrogens is 196 g/mol. The van der Waals surface area contributed by atoms with Crippen LogP contribution < -0.4 is 0 Å². The minimum Gasteiger partial charge on any atom is -0.374 e. The van der Waals surface area contributed by atoms with E-state index in [9.17, 15) is 4.79 Å². The van der Waals surface area contributed by atoms with Gasteiger partial charge in [0.1, 0.15) is 0 Å². The Morgan fingerprint density at radius 1 is 1.47 bits per heavy atom. The van der Waals surface area contributed by atoms with E-state index in [1.807, 2.05) is 0 Å². The molecule has 5 heteroatoms. The molecule has 0 spiro atoms. The number of aromatic nitrogens is 2. The minimum atomic E-state index is -0.183. The van der Waals surface area contributed by atoms with E-state index in [1.165, 1.54) is 6.92 Å². The average Bonchev–Trinajstić information content (AvgIpc) is 2.93. The van der Waals surface area contributed by atoms with Crippen LogP contribution in [0.3, 0.4) is 0 Å². The van der Waals surface area contributed by atoms with Crippen molar-refractivity contribution in [1.29, 1.82) is 0 Å². The molecule has 3 atom stereocenters. The van der Waals surface area contributed by atoms with Crippen molar-refractivity contribution in [2.45, 2.75) is 44.3 Å². The van der Waals surface area contributed by atoms with Crippen LogP contribution in [0.1, 0.15) is 48.6 Å². The lowest BCUT2D eigenvalue weighted by Gasteiger charge is -2.13. The number of rotatable bonds is 2. The van der Waals surface area contributed by atoms with Crippen molar-refractivity contribution < 1.29 is 14.1 Å². The SMILES string of the molecule is CC(=O)c1nc(C2CC3CCC2O3)no1. The number of ether oxygens (including phenoxy) is 1. The zero-order valence-electron chi connectivity index (χ0n) is 8.47. The molecule has 2 fully saturated rings. The van der Waals surface area contributed by atoms with E-state index >= 15 is 0 Å². The van der Waals surface area contributed by atoms with Gasteiger partial charge < -0.3 is 9.26 Å². The molecule has 0 N–H and O–H groups in total. The Morgan fingerprint density at radius 3 is 2.87 bits per heavy atom. The molecule has 0 aliphatic carbocycles. The summed E-state index contributed by atoms with van der Waals surface area (Å²) in [5.74, 6) is 0.776. The van der Waals surface area contributed by atoms with Crippen molar-refractivity contribution >= 4 is 5.78 Å². The van der Waals surface area contributed by atoms with Crippen molar-refractivity contribution in [3.63, 3.8) is 0 Å². The van der Waals surface area contributed by atoms with Gasteiger partial charge in [0.15, 0.2) is 5.82 Å². The first-order valence-electron chi connectivity index (χ1n) is 5.24. The van der Waals surface area contributed by atoms with Crippen molar-refractivity contribution in [3.8, 4) is 0 Å². The van der Waals surface area contributed by atoms with Crippen LogP contribution in [0.4, 0.5) is 0 Å². The Hall–Kier alpha value is -1.23. The molecule has 1 aromatic heterocycles. The van der Waals surface area contributed by atoms with Gasteiger partial charge in [-0.1, -0.05) is 5.16 Å². The Kier molecular flexibility index (Phi) is 1.88. The highest BCUT2D eigenvalue weighted by atomic mass is 16.5. The first-order valence-corrected chi connectivity index (χ1v) is 5.24. The van der Waals surface area contributed by atoms with Crippen molar-refractivity contribution in [3.05, 3.63) is 11.7 Å². The predicted octanol–water partition coefficient (Wildman–Crippen LogP) is 1.31. The summed E-state index contributed by atoms with van der Waals surface area (Å²) in [6.45, 7) is 1.43. The predicted molar refractivity (Wildman–Crippen MR) is 49.6 cm³/mol. The number of carbonyl (C=O) groups is 1. The second-order valence-electron chi connectivity index (χ2n) is 4.23. The summed E-state index contributed by atoms with van der Waals surface area (Å²) in [6.07, 6.45) is 3.76. The topological polar surface area (TPSA) is 65.2 Å². The fraction of sp³-hybridized carbons (Fsp3) is 0.700. The summed E-state index contributed by atoms with van der Waals surface area (Å²) < 4.78 is 10.6. The van der Waals surface area contributed by atoms with E-state index in [0.717, 1.165) is 19.3 Å². The average molecular weight is 208 g/mol. The molecule has 2 saturated heterocycles. The van der Waals surface area contributed by atoms with Crippen LogP contribution in [0.2, 0.25) is 0 Å². The second-order valence-corrected chi connectivity index (χ2v) is 4.23. The molecule has 0 saturated carbocycles. The van der Waals surface area contributed by atoms with Crippen LogP contribution in [0.5, 0.6) is 0 Å². The summed E-state index contributed by atoms with van der Waals surface area (Å²) in [5.41, 5.74) is 0. The fourth-order valence-corrected chi connectivity index (χ4v) is 2.44. The second kappa shape index (κ2) is 3.13. The van der Waals surface area contributed by atoms with Crippen LogP contribution in [-0.4, -0.2) is 28.1 Å². The van der Waals surface area contributed by atoms with Crippen molar-refractivity contribution in [2.24, 2.45) is 0 Å². The minimum absolute atomic E-state index is 0.104. The monoisotopic (exact) mass is 208 g/mol. The molecule has 0 radical (unpaired) electrons. The molecule has 0 aromatic carbocycles. The maximum Gasteiger partial charge on any atom is 0.293 e. The number of ketones is 1. The highest BCUT2D eigenvalue weighted by Gasteiger charge is 2.43. The van der Waals surface area contributed by atoms with Gasteiger partial charge in [-0.3, -0.25) is 4.79 Å². The Labute approximate surface area is 86.8 Å². The maximum absolute atomic E-state index is 11.0. The molecule has 2 bridgehead atoms. The molecular formula is C10H12N2O3. The van der Waals surface area contributed by atoms with Gasteiger partial charge >= 0.3 is 0 Å². The van der Waals surface area contributed by atoms with Crippen LogP contribution in [0.15, 0.2) is 4.52 Å². The lowest BCUT2D eigenvalue weighted by atomic mass is 9.89. The van der Waals surface area contributed by atoms with E-state index < -0.39 is 0 Å². The number of nitrogens with zero attached hydrogens (tertiary/aromatic N) is 2. The quantitative estimate of drug-likeness (QED) is 0.685. The highest BCUT2D eigenvalue weighted by Crippen LogP contribution is 2.43. The van der Waals surface area contributed by atoms with E-state index in [-0.39, 0.29) is 23.7 Å². The first kappa shape index (κ1) is 9.03. The Balaban J connectivity index is 1.84. The summed E-state index contributed by atoms with van der Waals surface area (Å²) in [6, 6.07) is 0. The summed E-state index contributed by atoms with van der Waals surface area (Å²) in [7, 11) is 0. The molecule has 3 rings (SSSR count). The Morgan fingerprint density at radius 2 is 2.33 bits per heavy atom. The largest absolute Gasteiger partial charge is 0.374 e. The Bertz CT molecular complexity index is 401. The molecule has 1 aromatic rings. The maximum atomic E-state index is 11.0. The van der Waals surface area contributed by atoms with Crippen LogP contribution in [-0.2, 0) is 4.74 Å². The third-order valence-electron chi connectivity index (χ3n) is 3.18. The van der Waals surface area contributed by atoms with Crippen LogP contribution >= 0.6 is 0 Å². The normalized spacial score (nSPS) is 33.5. The number of hydrogen-bond donors (Lipinski definition) is 0. The molecule has 3 heterocycles. The van der Waals surface area contributed by atoms with Gasteiger partial charge in [0, 0.05) is 6.92 Å². The summed E-state index contributed by atoms with van der Waals surface area (Å²) in [4.78, 5) is 15.1. The third kappa shape index (κ3) is 1.38. The molecule has 3 unspecified atom stereocenters. The summed E-state index contributed by atoms with van der Waals surface area (Å²) >= 11 is 0.